The van der Waals surface area contributed by atoms with Gasteiger partial charge in [0.2, 0.25) is 5.76 Å². The van der Waals surface area contributed by atoms with Crippen LogP contribution in [0.15, 0.2) is 53.4 Å². The van der Waals surface area contributed by atoms with Gasteiger partial charge in [0.1, 0.15) is 17.1 Å². The van der Waals surface area contributed by atoms with Crippen molar-refractivity contribution in [2.75, 3.05) is 25.0 Å². The van der Waals surface area contributed by atoms with Crippen molar-refractivity contribution >= 4 is 28.3 Å². The summed E-state index contributed by atoms with van der Waals surface area (Å²) in [4.78, 5) is 17.6. The molecule has 4 N–H and O–H groups in total. The van der Waals surface area contributed by atoms with Crippen LogP contribution in [0.2, 0.25) is 0 Å². The molecule has 0 atom stereocenters. The number of aromatic nitrogens is 1. The minimum Gasteiger partial charge on any atom is -0.448 e. The molecule has 158 valence electrons. The number of nitrogens with zero attached hydrogens (tertiary/aromatic N) is 2. The predicted octanol–water partition coefficient (Wildman–Crippen LogP) is 3.71. The topological polar surface area (TPSA) is 105 Å². The van der Waals surface area contributed by atoms with Crippen LogP contribution in [0.3, 0.4) is 0 Å². The second-order valence-corrected chi connectivity index (χ2v) is 7.03. The van der Waals surface area contributed by atoms with E-state index >= 15 is 0 Å². The monoisotopic (exact) mass is 412 g/mol. The number of benzene rings is 1. The molecule has 1 fully saturated rings. The number of furan rings is 1. The molecule has 4 rings (SSSR count). The lowest BCUT2D eigenvalue weighted by atomic mass is 10.2. The fourth-order valence-corrected chi connectivity index (χ4v) is 3.28. The molecule has 0 bridgehead atoms. The van der Waals surface area contributed by atoms with Gasteiger partial charge in [0.05, 0.1) is 17.7 Å². The Morgan fingerprint density at radius 1 is 1.43 bits per heavy atom. The lowest BCUT2D eigenvalue weighted by molar-refractivity contribution is 0.0977. The van der Waals surface area contributed by atoms with E-state index < -0.39 is 11.7 Å². The molecule has 3 aromatic rings. The number of anilines is 2. The van der Waals surface area contributed by atoms with E-state index in [0.29, 0.717) is 16.7 Å². The van der Waals surface area contributed by atoms with E-state index in [1.165, 1.54) is 30.6 Å². The van der Waals surface area contributed by atoms with Crippen LogP contribution in [0.4, 0.5) is 15.8 Å². The van der Waals surface area contributed by atoms with Crippen molar-refractivity contribution in [3.05, 3.63) is 66.1 Å². The molecule has 0 spiro atoms. The van der Waals surface area contributed by atoms with Crippen LogP contribution in [0.1, 0.15) is 29.0 Å². The molecule has 0 aliphatic carbocycles. The van der Waals surface area contributed by atoms with Crippen LogP contribution >= 0.6 is 0 Å². The molecule has 1 aliphatic rings. The minimum atomic E-state index is -0.735. The molecule has 1 amide bonds. The number of nitrogens with two attached hydrogens (primary N) is 1. The lowest BCUT2D eigenvalue weighted by Gasteiger charge is -2.16. The average Bonchev–Trinajstić information content (AvgIpc) is 3.29. The zero-order chi connectivity index (χ0) is 21.7. The van der Waals surface area contributed by atoms with Crippen molar-refractivity contribution in [3.63, 3.8) is 0 Å². The molecule has 0 saturated carbocycles. The molecule has 0 radical (unpaired) electrons. The summed E-state index contributed by atoms with van der Waals surface area (Å²) in [7, 11) is 0. The first kappa shape index (κ1) is 21.3. The van der Waals surface area contributed by atoms with Crippen LogP contribution in [0.25, 0.3) is 11.0 Å². The third-order valence-electron chi connectivity index (χ3n) is 4.81. The Morgan fingerprint density at radius 3 is 2.87 bits per heavy atom. The maximum absolute atomic E-state index is 14.0. The molecule has 1 aromatic carbocycles. The summed E-state index contributed by atoms with van der Waals surface area (Å²) in [5, 5.41) is 12.0. The number of rotatable bonds is 5. The highest BCUT2D eigenvalue weighted by Crippen LogP contribution is 2.33. The standard InChI is InChI=1S/C15H12FN3O2.C7H13NO/c1-8-2-3-11(10(16)6-8)19-13-9-7-18-5-4-12(9)21-14(13)15(17)20;1-7-3-2-4-8(7)5-6-9/h2-7,19H,1H3,(H2,17,20);9H,1-6H2. The highest BCUT2D eigenvalue weighted by atomic mass is 19.1. The van der Waals surface area contributed by atoms with E-state index in [0.717, 1.165) is 25.1 Å². The number of primary amides is 1. The highest BCUT2D eigenvalue weighted by molar-refractivity contribution is 6.06. The van der Waals surface area contributed by atoms with E-state index in [1.54, 1.807) is 25.1 Å². The normalized spacial score (nSPS) is 13.3. The van der Waals surface area contributed by atoms with Crippen molar-refractivity contribution in [1.82, 2.24) is 9.88 Å². The molecule has 1 saturated heterocycles. The Balaban J connectivity index is 0.000000239. The quantitative estimate of drug-likeness (QED) is 0.590. The third-order valence-corrected chi connectivity index (χ3v) is 4.81. The first-order valence-electron chi connectivity index (χ1n) is 9.63. The number of halogens is 1. The number of β-amino-alcohol motifs (C(OH)–C–C–N with tert-alkyl or cyclic N) is 1. The van der Waals surface area contributed by atoms with Crippen LogP contribution in [-0.2, 0) is 0 Å². The van der Waals surface area contributed by atoms with Gasteiger partial charge in [-0.15, -0.1) is 0 Å². The van der Waals surface area contributed by atoms with E-state index in [4.69, 9.17) is 15.3 Å². The Kier molecular flexibility index (Phi) is 6.68. The molecule has 7 nitrogen and oxygen atoms in total. The summed E-state index contributed by atoms with van der Waals surface area (Å²) in [6.45, 7) is 7.75. The Labute approximate surface area is 174 Å². The lowest BCUT2D eigenvalue weighted by Crippen LogP contribution is -2.20. The molecular formula is C22H25FN4O3. The van der Waals surface area contributed by atoms with Crippen molar-refractivity contribution in [2.45, 2.75) is 19.8 Å². The highest BCUT2D eigenvalue weighted by Gasteiger charge is 2.19. The second-order valence-electron chi connectivity index (χ2n) is 7.03. The summed E-state index contributed by atoms with van der Waals surface area (Å²) in [5.41, 5.74) is 8.29. The summed E-state index contributed by atoms with van der Waals surface area (Å²) >= 11 is 0. The maximum Gasteiger partial charge on any atom is 0.286 e. The molecule has 30 heavy (non-hydrogen) atoms. The minimum absolute atomic E-state index is 0.0574. The number of amides is 1. The van der Waals surface area contributed by atoms with E-state index in [-0.39, 0.29) is 18.1 Å². The number of hydrogen-bond acceptors (Lipinski definition) is 6. The summed E-state index contributed by atoms with van der Waals surface area (Å²) in [6.07, 6.45) is 5.38. The average molecular weight is 412 g/mol. The fraction of sp³-hybridized carbons (Fsp3) is 0.273. The molecule has 0 unspecified atom stereocenters. The van der Waals surface area contributed by atoms with Crippen molar-refractivity contribution in [3.8, 4) is 0 Å². The number of carbonyl (C=O) groups excluding carboxylic acids is 1. The summed E-state index contributed by atoms with van der Waals surface area (Å²) in [5.74, 6) is -1.22. The van der Waals surface area contributed by atoms with Crippen molar-refractivity contribution in [2.24, 2.45) is 5.73 Å². The van der Waals surface area contributed by atoms with Gasteiger partial charge in [-0.1, -0.05) is 12.6 Å². The van der Waals surface area contributed by atoms with Gasteiger partial charge in [-0.3, -0.25) is 9.78 Å². The number of fused-ring (bicyclic) bond motifs is 1. The predicted molar refractivity (Wildman–Crippen MR) is 114 cm³/mol. The number of hydrogen-bond donors (Lipinski definition) is 3. The van der Waals surface area contributed by atoms with E-state index in [1.807, 2.05) is 0 Å². The van der Waals surface area contributed by atoms with Crippen LogP contribution in [0.5, 0.6) is 0 Å². The van der Waals surface area contributed by atoms with Gasteiger partial charge in [0, 0.05) is 31.2 Å². The van der Waals surface area contributed by atoms with Gasteiger partial charge in [-0.05, 0) is 43.5 Å². The number of carbonyl (C=O) groups is 1. The van der Waals surface area contributed by atoms with Crippen molar-refractivity contribution < 1.29 is 18.7 Å². The third kappa shape index (κ3) is 4.77. The zero-order valence-corrected chi connectivity index (χ0v) is 16.8. The van der Waals surface area contributed by atoms with E-state index in [9.17, 15) is 9.18 Å². The molecule has 2 aromatic heterocycles. The number of aliphatic hydroxyl groups excluding tert-OH is 1. The van der Waals surface area contributed by atoms with Gasteiger partial charge >= 0.3 is 0 Å². The number of allylic oxidation sites excluding steroid dienone is 1. The second kappa shape index (κ2) is 9.41. The number of nitrogens with one attached hydrogen (secondary N) is 1. The number of aryl methyl sites for hydroxylation is 1. The van der Waals surface area contributed by atoms with Crippen LogP contribution in [-0.4, -0.2) is 40.6 Å². The van der Waals surface area contributed by atoms with Gasteiger partial charge < -0.3 is 25.5 Å². The maximum atomic E-state index is 14.0. The van der Waals surface area contributed by atoms with Crippen LogP contribution in [0, 0.1) is 12.7 Å². The molecule has 3 heterocycles. The van der Waals surface area contributed by atoms with Gasteiger partial charge in [0.15, 0.2) is 0 Å². The number of likely N-dealkylation sites (tertiary alicyclic amines) is 1. The first-order valence-corrected chi connectivity index (χ1v) is 9.63. The van der Waals surface area contributed by atoms with Gasteiger partial charge in [-0.25, -0.2) is 4.39 Å². The Bertz CT molecular complexity index is 1060. The SMILES string of the molecule is C=C1CCCN1CCO.Cc1ccc(Nc2c(C(N)=O)oc3ccncc23)c(F)c1. The number of aliphatic hydroxyl groups is 1. The smallest absolute Gasteiger partial charge is 0.286 e. The van der Waals surface area contributed by atoms with Gasteiger partial charge in [-0.2, -0.15) is 0 Å². The summed E-state index contributed by atoms with van der Waals surface area (Å²) in [6, 6.07) is 6.35. The molecule has 1 aliphatic heterocycles. The largest absolute Gasteiger partial charge is 0.448 e. The Morgan fingerprint density at radius 2 is 2.23 bits per heavy atom. The fourth-order valence-electron chi connectivity index (χ4n) is 3.28. The van der Waals surface area contributed by atoms with E-state index in [2.05, 4.69) is 21.8 Å². The summed E-state index contributed by atoms with van der Waals surface area (Å²) < 4.78 is 19.3. The zero-order valence-electron chi connectivity index (χ0n) is 16.8. The first-order chi connectivity index (χ1) is 14.4. The number of pyridine rings is 1. The van der Waals surface area contributed by atoms with Crippen molar-refractivity contribution in [1.29, 1.82) is 0 Å². The van der Waals surface area contributed by atoms with Crippen LogP contribution < -0.4 is 11.1 Å². The van der Waals surface area contributed by atoms with Gasteiger partial charge in [0.25, 0.3) is 5.91 Å². The Hall–Kier alpha value is -3.39. The molecular weight excluding hydrogens is 387 g/mol. The molecule has 8 heteroatoms.